The molecule has 5 nitrogen and oxygen atoms in total. The van der Waals surface area contributed by atoms with Crippen LogP contribution in [0, 0.1) is 11.8 Å². The molecule has 3 rings (SSSR count). The van der Waals surface area contributed by atoms with Gasteiger partial charge in [0.25, 0.3) is 0 Å². The lowest BCUT2D eigenvalue weighted by atomic mass is 9.86. The van der Waals surface area contributed by atoms with Crippen LogP contribution in [-0.2, 0) is 9.59 Å². The van der Waals surface area contributed by atoms with Gasteiger partial charge in [0.05, 0.1) is 12.3 Å². The number of hydrogen-bond donors (Lipinski definition) is 2. The van der Waals surface area contributed by atoms with E-state index < -0.39 is 5.97 Å². The molecule has 0 aliphatic carbocycles. The lowest BCUT2D eigenvalue weighted by Crippen LogP contribution is -2.54. The van der Waals surface area contributed by atoms with Gasteiger partial charge in [-0.3, -0.25) is 9.59 Å². The molecule has 3 atom stereocenters. The van der Waals surface area contributed by atoms with Gasteiger partial charge in [-0.15, -0.1) is 0 Å². The van der Waals surface area contributed by atoms with Crippen molar-refractivity contribution in [1.29, 1.82) is 0 Å². The van der Waals surface area contributed by atoms with Crippen LogP contribution in [0.15, 0.2) is 0 Å². The molecule has 3 saturated heterocycles. The minimum atomic E-state index is -0.760. The summed E-state index contributed by atoms with van der Waals surface area (Å²) in [6.45, 7) is 1.28. The van der Waals surface area contributed by atoms with Gasteiger partial charge in [0, 0.05) is 31.1 Å². The van der Waals surface area contributed by atoms with Crippen molar-refractivity contribution in [1.82, 2.24) is 10.2 Å². The summed E-state index contributed by atoms with van der Waals surface area (Å²) in [5, 5.41) is 12.1. The fourth-order valence-electron chi connectivity index (χ4n) is 3.46. The molecule has 2 bridgehead atoms. The fraction of sp³-hybridized carbons (Fsp3) is 0.833. The van der Waals surface area contributed by atoms with E-state index in [0.29, 0.717) is 25.2 Å². The summed E-state index contributed by atoms with van der Waals surface area (Å²) in [6.07, 6.45) is 3.49. The summed E-state index contributed by atoms with van der Waals surface area (Å²) in [4.78, 5) is 24.5. The van der Waals surface area contributed by atoms with Gasteiger partial charge in [0.2, 0.25) is 5.91 Å². The third kappa shape index (κ3) is 1.92. The molecule has 3 fully saturated rings. The molecule has 0 saturated carbocycles. The molecule has 3 aliphatic heterocycles. The molecule has 3 unspecified atom stereocenters. The number of carbonyl (C=O) groups excluding carboxylic acids is 1. The second-order valence-corrected chi connectivity index (χ2v) is 5.60. The number of likely N-dealkylation sites (tertiary alicyclic amines) is 1. The van der Waals surface area contributed by atoms with Gasteiger partial charge in [-0.05, 0) is 19.3 Å². The van der Waals surface area contributed by atoms with E-state index in [1.807, 2.05) is 4.90 Å². The Hall–Kier alpha value is -1.10. The summed E-state index contributed by atoms with van der Waals surface area (Å²) in [5.74, 6) is -0.197. The van der Waals surface area contributed by atoms with E-state index in [1.54, 1.807) is 0 Å². The predicted molar refractivity (Wildman–Crippen MR) is 60.4 cm³/mol. The van der Waals surface area contributed by atoms with E-state index in [-0.39, 0.29) is 24.2 Å². The highest BCUT2D eigenvalue weighted by Gasteiger charge is 2.46. The van der Waals surface area contributed by atoms with Gasteiger partial charge >= 0.3 is 5.97 Å². The third-order valence-electron chi connectivity index (χ3n) is 4.35. The Morgan fingerprint density at radius 3 is 2.59 bits per heavy atom. The number of nitrogens with zero attached hydrogens (tertiary/aromatic N) is 1. The van der Waals surface area contributed by atoms with Crippen LogP contribution in [-0.4, -0.2) is 47.1 Å². The third-order valence-corrected chi connectivity index (χ3v) is 4.35. The molecule has 0 radical (unpaired) electrons. The van der Waals surface area contributed by atoms with Crippen LogP contribution in [0.3, 0.4) is 0 Å². The van der Waals surface area contributed by atoms with Crippen LogP contribution >= 0.6 is 0 Å². The topological polar surface area (TPSA) is 69.6 Å². The summed E-state index contributed by atoms with van der Waals surface area (Å²) in [5.41, 5.74) is 0. The van der Waals surface area contributed by atoms with E-state index in [2.05, 4.69) is 5.32 Å². The minimum absolute atomic E-state index is 0.152. The molecule has 3 aliphatic rings. The van der Waals surface area contributed by atoms with Crippen molar-refractivity contribution in [2.75, 3.05) is 13.1 Å². The van der Waals surface area contributed by atoms with E-state index in [9.17, 15) is 9.59 Å². The van der Waals surface area contributed by atoms with Crippen LogP contribution in [0.25, 0.3) is 0 Å². The molecular weight excluding hydrogens is 220 g/mol. The average Bonchev–Trinajstić information content (AvgIpc) is 2.82. The highest BCUT2D eigenvalue weighted by Crippen LogP contribution is 2.35. The Morgan fingerprint density at radius 2 is 2.06 bits per heavy atom. The first-order valence-electron chi connectivity index (χ1n) is 6.40. The van der Waals surface area contributed by atoms with Crippen molar-refractivity contribution >= 4 is 11.9 Å². The van der Waals surface area contributed by atoms with E-state index in [0.717, 1.165) is 12.8 Å². The molecule has 1 amide bonds. The predicted octanol–water partition coefficient (Wildman–Crippen LogP) is 0.0600. The quantitative estimate of drug-likeness (QED) is 0.729. The summed E-state index contributed by atoms with van der Waals surface area (Å²) >= 11 is 0. The lowest BCUT2D eigenvalue weighted by molar-refractivity contribution is -0.147. The Balaban J connectivity index is 1.50. The van der Waals surface area contributed by atoms with Crippen molar-refractivity contribution in [2.45, 2.75) is 37.8 Å². The normalized spacial score (nSPS) is 36.0. The first kappa shape index (κ1) is 11.0. The Bertz CT molecular complexity index is 352. The molecule has 3 heterocycles. The number of amides is 1. The molecule has 5 heteroatoms. The maximum absolute atomic E-state index is 12.2. The van der Waals surface area contributed by atoms with Crippen LogP contribution in [0.5, 0.6) is 0 Å². The minimum Gasteiger partial charge on any atom is -0.481 e. The molecule has 0 spiro atoms. The Morgan fingerprint density at radius 1 is 1.29 bits per heavy atom. The Kier molecular flexibility index (Phi) is 2.58. The standard InChI is InChI=1S/C12H18N2O3/c15-11(16)3-7-5-14(6-7)12(17)9-4-8-1-2-10(9)13-8/h7-10,13H,1-6H2,(H,15,16). The molecule has 94 valence electrons. The first-order valence-corrected chi connectivity index (χ1v) is 6.40. The number of nitrogens with one attached hydrogen (secondary N) is 1. The van der Waals surface area contributed by atoms with Crippen molar-refractivity contribution in [3.63, 3.8) is 0 Å². The number of fused-ring (bicyclic) bond motifs is 2. The van der Waals surface area contributed by atoms with Crippen LogP contribution < -0.4 is 5.32 Å². The van der Waals surface area contributed by atoms with Gasteiger partial charge in [-0.2, -0.15) is 0 Å². The summed E-state index contributed by atoms with van der Waals surface area (Å²) in [7, 11) is 0. The number of carboxylic acids is 1. The lowest BCUT2D eigenvalue weighted by Gasteiger charge is -2.41. The fourth-order valence-corrected chi connectivity index (χ4v) is 3.46. The molecule has 2 N–H and O–H groups in total. The molecular formula is C12H18N2O3. The highest BCUT2D eigenvalue weighted by atomic mass is 16.4. The van der Waals surface area contributed by atoms with Crippen LogP contribution in [0.1, 0.15) is 25.7 Å². The van der Waals surface area contributed by atoms with Crippen molar-refractivity contribution in [3.8, 4) is 0 Å². The smallest absolute Gasteiger partial charge is 0.303 e. The zero-order valence-corrected chi connectivity index (χ0v) is 9.76. The summed E-state index contributed by atoms with van der Waals surface area (Å²) in [6, 6.07) is 0.927. The zero-order chi connectivity index (χ0) is 12.0. The van der Waals surface area contributed by atoms with Crippen molar-refractivity contribution in [3.05, 3.63) is 0 Å². The van der Waals surface area contributed by atoms with Gasteiger partial charge < -0.3 is 15.3 Å². The second-order valence-electron chi connectivity index (χ2n) is 5.60. The second kappa shape index (κ2) is 3.98. The van der Waals surface area contributed by atoms with Gasteiger partial charge in [0.15, 0.2) is 0 Å². The van der Waals surface area contributed by atoms with Crippen LogP contribution in [0.2, 0.25) is 0 Å². The largest absolute Gasteiger partial charge is 0.481 e. The van der Waals surface area contributed by atoms with E-state index in [1.165, 1.54) is 6.42 Å². The first-order chi connectivity index (χ1) is 8.13. The number of carboxylic acid groups (broad SMARTS) is 1. The monoisotopic (exact) mass is 238 g/mol. The molecule has 0 aromatic carbocycles. The zero-order valence-electron chi connectivity index (χ0n) is 9.76. The van der Waals surface area contributed by atoms with Gasteiger partial charge in [-0.1, -0.05) is 0 Å². The summed E-state index contributed by atoms with van der Waals surface area (Å²) < 4.78 is 0. The highest BCUT2D eigenvalue weighted by molar-refractivity contribution is 5.81. The van der Waals surface area contributed by atoms with E-state index in [4.69, 9.17) is 5.11 Å². The maximum Gasteiger partial charge on any atom is 0.303 e. The van der Waals surface area contributed by atoms with Crippen molar-refractivity contribution < 1.29 is 14.7 Å². The maximum atomic E-state index is 12.2. The van der Waals surface area contributed by atoms with Crippen LogP contribution in [0.4, 0.5) is 0 Å². The van der Waals surface area contributed by atoms with Gasteiger partial charge in [0.1, 0.15) is 0 Å². The number of aliphatic carboxylic acids is 1. The van der Waals surface area contributed by atoms with Crippen molar-refractivity contribution in [2.24, 2.45) is 11.8 Å². The molecule has 0 aromatic heterocycles. The molecule has 17 heavy (non-hydrogen) atoms. The van der Waals surface area contributed by atoms with E-state index >= 15 is 0 Å². The SMILES string of the molecule is O=C(O)CC1CN(C(=O)C2CC3CCC2N3)C1. The van der Waals surface area contributed by atoms with Gasteiger partial charge in [-0.25, -0.2) is 0 Å². The Labute approximate surface area is 100 Å². The molecule has 0 aromatic rings. The number of rotatable bonds is 3. The number of carbonyl (C=O) groups is 2. The average molecular weight is 238 g/mol. The number of hydrogen-bond acceptors (Lipinski definition) is 3.